The van der Waals surface area contributed by atoms with Gasteiger partial charge in [-0.3, -0.25) is 4.79 Å². The number of nitrogens with zero attached hydrogens (tertiary/aromatic N) is 1. The lowest BCUT2D eigenvalue weighted by Gasteiger charge is -2.21. The molecule has 2 aromatic carbocycles. The number of carbonyl (C=O) groups excluding carboxylic acids is 1. The molecule has 0 radical (unpaired) electrons. The van der Waals surface area contributed by atoms with Crippen LogP contribution in [0.2, 0.25) is 0 Å². The van der Waals surface area contributed by atoms with Crippen LogP contribution >= 0.6 is 0 Å². The van der Waals surface area contributed by atoms with E-state index in [1.807, 2.05) is 55.7 Å². The smallest absolute Gasteiger partial charge is 0.226 e. The van der Waals surface area contributed by atoms with E-state index >= 15 is 0 Å². The van der Waals surface area contributed by atoms with E-state index in [0.717, 1.165) is 11.3 Å². The number of aromatic nitrogens is 1. The lowest BCUT2D eigenvalue weighted by atomic mass is 9.98. The summed E-state index contributed by atoms with van der Waals surface area (Å²) >= 11 is 0. The molecule has 1 heterocycles. The van der Waals surface area contributed by atoms with E-state index in [2.05, 4.69) is 41.9 Å². The summed E-state index contributed by atoms with van der Waals surface area (Å²) in [4.78, 5) is 12.7. The van der Waals surface area contributed by atoms with Gasteiger partial charge in [-0.2, -0.15) is 0 Å². The average molecular weight is 332 g/mol. The third-order valence-corrected chi connectivity index (χ3v) is 4.57. The first kappa shape index (κ1) is 17.0. The first-order valence-electron chi connectivity index (χ1n) is 8.59. The van der Waals surface area contributed by atoms with Crippen molar-refractivity contribution in [2.75, 3.05) is 5.32 Å². The van der Waals surface area contributed by atoms with Crippen molar-refractivity contribution >= 4 is 11.6 Å². The highest BCUT2D eigenvalue weighted by molar-refractivity contribution is 5.92. The molecule has 128 valence electrons. The van der Waals surface area contributed by atoms with E-state index in [9.17, 15) is 4.79 Å². The molecular weight excluding hydrogens is 308 g/mol. The van der Waals surface area contributed by atoms with Gasteiger partial charge in [0.25, 0.3) is 0 Å². The summed E-state index contributed by atoms with van der Waals surface area (Å²) in [5.74, 6) is 0.0221. The van der Waals surface area contributed by atoms with Gasteiger partial charge in [-0.25, -0.2) is 0 Å². The Morgan fingerprint density at radius 1 is 0.960 bits per heavy atom. The third-order valence-electron chi connectivity index (χ3n) is 4.57. The van der Waals surface area contributed by atoms with Crippen LogP contribution in [0, 0.1) is 20.8 Å². The minimum atomic E-state index is -0.0121. The average Bonchev–Trinajstić information content (AvgIpc) is 3.10. The Hall–Kier alpha value is -2.81. The maximum absolute atomic E-state index is 12.7. The van der Waals surface area contributed by atoms with Crippen LogP contribution < -0.4 is 5.32 Å². The first-order chi connectivity index (χ1) is 12.0. The fourth-order valence-electron chi connectivity index (χ4n) is 3.22. The van der Waals surface area contributed by atoms with Gasteiger partial charge in [0.15, 0.2) is 0 Å². The highest BCUT2D eigenvalue weighted by Crippen LogP contribution is 2.26. The van der Waals surface area contributed by atoms with Crippen LogP contribution in [-0.2, 0) is 4.79 Å². The Balaban J connectivity index is 1.83. The van der Waals surface area contributed by atoms with E-state index < -0.39 is 0 Å². The highest BCUT2D eigenvalue weighted by atomic mass is 16.1. The quantitative estimate of drug-likeness (QED) is 0.698. The Bertz CT molecular complexity index is 865. The number of rotatable bonds is 5. The second-order valence-corrected chi connectivity index (χ2v) is 6.57. The van der Waals surface area contributed by atoms with Crippen LogP contribution in [0.5, 0.6) is 0 Å². The van der Waals surface area contributed by atoms with Gasteiger partial charge in [-0.05, 0) is 55.7 Å². The summed E-state index contributed by atoms with van der Waals surface area (Å²) in [5.41, 5.74) is 5.53. The molecule has 3 rings (SSSR count). The summed E-state index contributed by atoms with van der Waals surface area (Å²) in [6, 6.07) is 18.3. The molecule has 3 aromatic rings. The fraction of sp³-hybridized carbons (Fsp3) is 0.227. The van der Waals surface area contributed by atoms with Crippen molar-refractivity contribution < 1.29 is 4.79 Å². The number of amides is 1. The monoisotopic (exact) mass is 332 g/mol. The van der Waals surface area contributed by atoms with Gasteiger partial charge in [-0.1, -0.05) is 42.0 Å². The molecule has 0 saturated heterocycles. The second-order valence-electron chi connectivity index (χ2n) is 6.57. The van der Waals surface area contributed by atoms with Crippen molar-refractivity contribution in [1.82, 2.24) is 4.57 Å². The molecule has 25 heavy (non-hydrogen) atoms. The van der Waals surface area contributed by atoms with E-state index in [-0.39, 0.29) is 11.9 Å². The minimum Gasteiger partial charge on any atom is -0.346 e. The van der Waals surface area contributed by atoms with Crippen molar-refractivity contribution in [1.29, 1.82) is 0 Å². The van der Waals surface area contributed by atoms with Gasteiger partial charge in [-0.15, -0.1) is 0 Å². The Morgan fingerprint density at radius 3 is 2.36 bits per heavy atom. The van der Waals surface area contributed by atoms with Crippen LogP contribution in [0.1, 0.15) is 34.7 Å². The Morgan fingerprint density at radius 2 is 1.68 bits per heavy atom. The summed E-state index contributed by atoms with van der Waals surface area (Å²) in [7, 11) is 0. The molecular formula is C22H24N2O. The summed E-state index contributed by atoms with van der Waals surface area (Å²) in [6.45, 7) is 6.17. The molecule has 0 aliphatic carbocycles. The van der Waals surface area contributed by atoms with Gasteiger partial charge in [0.2, 0.25) is 5.91 Å². The molecule has 1 aromatic heterocycles. The normalized spacial score (nSPS) is 12.0. The van der Waals surface area contributed by atoms with Crippen molar-refractivity contribution in [3.63, 3.8) is 0 Å². The standard InChI is InChI=1S/C22H24N2O/c1-16-10-11-20(18(3)14-16)23-22(25)15-21(24-12-6-7-13-24)19-9-5-4-8-17(19)2/h4-14,21H,15H2,1-3H3,(H,23,25). The molecule has 3 heteroatoms. The van der Waals surface area contributed by atoms with Gasteiger partial charge < -0.3 is 9.88 Å². The second kappa shape index (κ2) is 7.39. The summed E-state index contributed by atoms with van der Waals surface area (Å²) < 4.78 is 2.10. The molecule has 0 aliphatic rings. The van der Waals surface area contributed by atoms with Crippen LogP contribution in [0.4, 0.5) is 5.69 Å². The SMILES string of the molecule is Cc1ccc(NC(=O)CC(c2ccccc2C)n2cccc2)c(C)c1. The van der Waals surface area contributed by atoms with Crippen molar-refractivity contribution in [2.24, 2.45) is 0 Å². The summed E-state index contributed by atoms with van der Waals surface area (Å²) in [6.07, 6.45) is 4.43. The summed E-state index contributed by atoms with van der Waals surface area (Å²) in [5, 5.41) is 3.07. The number of carbonyl (C=O) groups is 1. The van der Waals surface area contributed by atoms with E-state index in [1.165, 1.54) is 16.7 Å². The van der Waals surface area contributed by atoms with Crippen molar-refractivity contribution in [3.05, 3.63) is 89.2 Å². The molecule has 1 unspecified atom stereocenters. The van der Waals surface area contributed by atoms with Gasteiger partial charge in [0, 0.05) is 18.1 Å². The Labute approximate surface area is 149 Å². The number of aryl methyl sites for hydroxylation is 3. The zero-order chi connectivity index (χ0) is 17.8. The zero-order valence-electron chi connectivity index (χ0n) is 15.0. The van der Waals surface area contributed by atoms with Gasteiger partial charge in [0.1, 0.15) is 0 Å². The molecule has 0 aliphatic heterocycles. The largest absolute Gasteiger partial charge is 0.346 e. The zero-order valence-corrected chi connectivity index (χ0v) is 15.0. The molecule has 1 N–H and O–H groups in total. The number of anilines is 1. The number of benzene rings is 2. The topological polar surface area (TPSA) is 34.0 Å². The highest BCUT2D eigenvalue weighted by Gasteiger charge is 2.19. The number of hydrogen-bond acceptors (Lipinski definition) is 1. The van der Waals surface area contributed by atoms with E-state index in [0.29, 0.717) is 6.42 Å². The minimum absolute atomic E-state index is 0.0121. The predicted molar refractivity (Wildman–Crippen MR) is 103 cm³/mol. The first-order valence-corrected chi connectivity index (χ1v) is 8.59. The van der Waals surface area contributed by atoms with Crippen LogP contribution in [0.25, 0.3) is 0 Å². The lowest BCUT2D eigenvalue weighted by molar-refractivity contribution is -0.116. The van der Waals surface area contributed by atoms with E-state index in [4.69, 9.17) is 0 Å². The number of nitrogens with one attached hydrogen (secondary N) is 1. The maximum atomic E-state index is 12.7. The van der Waals surface area contributed by atoms with Crippen molar-refractivity contribution in [3.8, 4) is 0 Å². The molecule has 1 amide bonds. The van der Waals surface area contributed by atoms with Gasteiger partial charge >= 0.3 is 0 Å². The third kappa shape index (κ3) is 4.00. The fourth-order valence-corrected chi connectivity index (χ4v) is 3.22. The molecule has 1 atom stereocenters. The molecule has 0 bridgehead atoms. The predicted octanol–water partition coefficient (Wildman–Crippen LogP) is 5.03. The van der Waals surface area contributed by atoms with Crippen LogP contribution in [0.15, 0.2) is 67.0 Å². The van der Waals surface area contributed by atoms with Crippen molar-refractivity contribution in [2.45, 2.75) is 33.2 Å². The van der Waals surface area contributed by atoms with Gasteiger partial charge in [0.05, 0.1) is 12.5 Å². The maximum Gasteiger partial charge on any atom is 0.226 e. The Kier molecular flexibility index (Phi) is 5.03. The molecule has 3 nitrogen and oxygen atoms in total. The number of hydrogen-bond donors (Lipinski definition) is 1. The van der Waals surface area contributed by atoms with Crippen LogP contribution in [-0.4, -0.2) is 10.5 Å². The molecule has 0 saturated carbocycles. The van der Waals surface area contributed by atoms with E-state index in [1.54, 1.807) is 0 Å². The molecule has 0 spiro atoms. The lowest BCUT2D eigenvalue weighted by Crippen LogP contribution is -2.20. The van der Waals surface area contributed by atoms with Crippen LogP contribution in [0.3, 0.4) is 0 Å². The molecule has 0 fully saturated rings.